The Morgan fingerprint density at radius 3 is 2.86 bits per heavy atom. The number of rotatable bonds is 4. The smallest absolute Gasteiger partial charge is 0.230 e. The van der Waals surface area contributed by atoms with Crippen LogP contribution in [0.25, 0.3) is 11.0 Å². The number of carbonyl (C=O) groups excluding carboxylic acids is 1. The van der Waals surface area contributed by atoms with Crippen molar-refractivity contribution in [3.63, 3.8) is 0 Å². The molecule has 0 aliphatic heterocycles. The number of nitrogens with zero attached hydrogens (tertiary/aromatic N) is 2. The van der Waals surface area contributed by atoms with Gasteiger partial charge in [0.15, 0.2) is 5.16 Å². The summed E-state index contributed by atoms with van der Waals surface area (Å²) in [4.78, 5) is 16.6. The van der Waals surface area contributed by atoms with Crippen molar-refractivity contribution in [2.24, 2.45) is 7.05 Å². The van der Waals surface area contributed by atoms with Gasteiger partial charge in [-0.1, -0.05) is 43.2 Å². The molecule has 1 amide bonds. The number of amides is 1. The lowest BCUT2D eigenvalue weighted by Crippen LogP contribution is -2.37. The summed E-state index contributed by atoms with van der Waals surface area (Å²) in [6, 6.07) is 8.43. The van der Waals surface area contributed by atoms with E-state index in [1.54, 1.807) is 0 Å². The summed E-state index contributed by atoms with van der Waals surface area (Å²) in [5.41, 5.74) is 2.09. The number of aromatic nitrogens is 2. The monoisotopic (exact) mass is 303 g/mol. The van der Waals surface area contributed by atoms with Gasteiger partial charge < -0.3 is 9.88 Å². The molecule has 0 atom stereocenters. The van der Waals surface area contributed by atoms with E-state index in [-0.39, 0.29) is 5.91 Å². The molecule has 0 spiro atoms. The third kappa shape index (κ3) is 3.40. The number of aryl methyl sites for hydroxylation is 1. The Bertz CT molecular complexity index is 631. The average molecular weight is 303 g/mol. The summed E-state index contributed by atoms with van der Waals surface area (Å²) < 4.78 is 2.05. The molecule has 21 heavy (non-hydrogen) atoms. The van der Waals surface area contributed by atoms with E-state index in [2.05, 4.69) is 16.4 Å². The van der Waals surface area contributed by atoms with Crippen LogP contribution in [0.4, 0.5) is 0 Å². The molecular weight excluding hydrogens is 282 g/mol. The van der Waals surface area contributed by atoms with Gasteiger partial charge >= 0.3 is 0 Å². The van der Waals surface area contributed by atoms with Gasteiger partial charge in [0.2, 0.25) is 5.91 Å². The predicted octanol–water partition coefficient (Wildman–Crippen LogP) is 3.11. The Morgan fingerprint density at radius 2 is 2.10 bits per heavy atom. The Labute approximate surface area is 129 Å². The number of imidazole rings is 1. The van der Waals surface area contributed by atoms with Crippen LogP contribution < -0.4 is 5.32 Å². The quantitative estimate of drug-likeness (QED) is 0.883. The van der Waals surface area contributed by atoms with Crippen LogP contribution in [-0.2, 0) is 11.8 Å². The number of benzene rings is 1. The van der Waals surface area contributed by atoms with E-state index >= 15 is 0 Å². The summed E-state index contributed by atoms with van der Waals surface area (Å²) >= 11 is 1.51. The highest BCUT2D eigenvalue weighted by Gasteiger charge is 2.16. The maximum atomic E-state index is 12.0. The van der Waals surface area contributed by atoms with E-state index in [1.807, 2.05) is 29.8 Å². The van der Waals surface area contributed by atoms with Crippen LogP contribution in [-0.4, -0.2) is 27.3 Å². The predicted molar refractivity (Wildman–Crippen MR) is 86.5 cm³/mol. The number of para-hydroxylation sites is 2. The van der Waals surface area contributed by atoms with E-state index in [0.717, 1.165) is 29.0 Å². The molecule has 5 heteroatoms. The van der Waals surface area contributed by atoms with E-state index in [0.29, 0.717) is 11.8 Å². The van der Waals surface area contributed by atoms with Crippen molar-refractivity contribution in [3.8, 4) is 0 Å². The van der Waals surface area contributed by atoms with E-state index in [1.165, 1.54) is 31.0 Å². The molecule has 1 fully saturated rings. The van der Waals surface area contributed by atoms with E-state index in [4.69, 9.17) is 0 Å². The fourth-order valence-electron chi connectivity index (χ4n) is 2.90. The zero-order valence-electron chi connectivity index (χ0n) is 12.3. The number of hydrogen-bond acceptors (Lipinski definition) is 3. The van der Waals surface area contributed by atoms with Crippen molar-refractivity contribution in [1.29, 1.82) is 0 Å². The first-order valence-corrected chi connectivity index (χ1v) is 8.56. The second-order valence-corrected chi connectivity index (χ2v) is 6.58. The van der Waals surface area contributed by atoms with Gasteiger partial charge in [0.1, 0.15) is 0 Å². The van der Waals surface area contributed by atoms with E-state index < -0.39 is 0 Å². The second-order valence-electron chi connectivity index (χ2n) is 5.63. The third-order valence-electron chi connectivity index (χ3n) is 4.05. The maximum absolute atomic E-state index is 12.0. The van der Waals surface area contributed by atoms with Crippen LogP contribution in [0.1, 0.15) is 32.1 Å². The van der Waals surface area contributed by atoms with Crippen molar-refractivity contribution in [1.82, 2.24) is 14.9 Å². The average Bonchev–Trinajstić information content (AvgIpc) is 2.83. The molecule has 1 aromatic carbocycles. The zero-order chi connectivity index (χ0) is 14.7. The zero-order valence-corrected chi connectivity index (χ0v) is 13.2. The lowest BCUT2D eigenvalue weighted by atomic mass is 9.95. The fraction of sp³-hybridized carbons (Fsp3) is 0.500. The second kappa shape index (κ2) is 6.52. The maximum Gasteiger partial charge on any atom is 0.230 e. The first-order valence-electron chi connectivity index (χ1n) is 7.57. The molecular formula is C16H21N3OS. The van der Waals surface area contributed by atoms with Gasteiger partial charge in [0, 0.05) is 13.1 Å². The molecule has 1 aromatic heterocycles. The van der Waals surface area contributed by atoms with Crippen molar-refractivity contribution >= 4 is 28.7 Å². The largest absolute Gasteiger partial charge is 0.353 e. The first-order chi connectivity index (χ1) is 10.2. The highest BCUT2D eigenvalue weighted by atomic mass is 32.2. The van der Waals surface area contributed by atoms with E-state index in [9.17, 15) is 4.79 Å². The lowest BCUT2D eigenvalue weighted by Gasteiger charge is -2.22. The van der Waals surface area contributed by atoms with Gasteiger partial charge in [-0.15, -0.1) is 0 Å². The summed E-state index contributed by atoms with van der Waals surface area (Å²) in [7, 11) is 2.00. The minimum Gasteiger partial charge on any atom is -0.353 e. The number of carbonyl (C=O) groups is 1. The van der Waals surface area contributed by atoms with Crippen molar-refractivity contribution in [2.45, 2.75) is 43.3 Å². The van der Waals surface area contributed by atoms with Crippen LogP contribution >= 0.6 is 11.8 Å². The minimum absolute atomic E-state index is 0.124. The Morgan fingerprint density at radius 1 is 1.33 bits per heavy atom. The molecule has 1 aliphatic carbocycles. The normalized spacial score (nSPS) is 16.2. The first kappa shape index (κ1) is 14.4. The van der Waals surface area contributed by atoms with Crippen LogP contribution in [0.2, 0.25) is 0 Å². The van der Waals surface area contributed by atoms with Crippen molar-refractivity contribution in [2.75, 3.05) is 5.75 Å². The van der Waals surface area contributed by atoms with Crippen LogP contribution in [0.3, 0.4) is 0 Å². The third-order valence-corrected chi connectivity index (χ3v) is 5.08. The molecule has 0 unspecified atom stereocenters. The highest BCUT2D eigenvalue weighted by molar-refractivity contribution is 7.99. The fourth-order valence-corrected chi connectivity index (χ4v) is 3.70. The molecule has 0 saturated heterocycles. The van der Waals surface area contributed by atoms with Gasteiger partial charge in [0.05, 0.1) is 16.8 Å². The molecule has 0 radical (unpaired) electrons. The SMILES string of the molecule is Cn1c(SCC(=O)NC2CCCCC2)nc2ccccc21. The van der Waals surface area contributed by atoms with Gasteiger partial charge in [-0.2, -0.15) is 0 Å². The number of thioether (sulfide) groups is 1. The van der Waals surface area contributed by atoms with Gasteiger partial charge in [-0.3, -0.25) is 4.79 Å². The summed E-state index contributed by atoms with van der Waals surface area (Å²) in [6.07, 6.45) is 6.04. The molecule has 1 saturated carbocycles. The molecule has 112 valence electrons. The number of nitrogens with one attached hydrogen (secondary N) is 1. The molecule has 3 rings (SSSR count). The Kier molecular flexibility index (Phi) is 4.48. The van der Waals surface area contributed by atoms with Crippen molar-refractivity contribution in [3.05, 3.63) is 24.3 Å². The molecule has 1 N–H and O–H groups in total. The molecule has 1 heterocycles. The van der Waals surface area contributed by atoms with Crippen LogP contribution in [0, 0.1) is 0 Å². The topological polar surface area (TPSA) is 46.9 Å². The lowest BCUT2D eigenvalue weighted by molar-refractivity contribution is -0.119. The highest BCUT2D eigenvalue weighted by Crippen LogP contribution is 2.23. The van der Waals surface area contributed by atoms with Crippen LogP contribution in [0.5, 0.6) is 0 Å². The van der Waals surface area contributed by atoms with Crippen LogP contribution in [0.15, 0.2) is 29.4 Å². The molecule has 4 nitrogen and oxygen atoms in total. The van der Waals surface area contributed by atoms with Gasteiger partial charge in [0.25, 0.3) is 0 Å². The summed E-state index contributed by atoms with van der Waals surface area (Å²) in [5.74, 6) is 0.562. The number of fused-ring (bicyclic) bond motifs is 1. The summed E-state index contributed by atoms with van der Waals surface area (Å²) in [6.45, 7) is 0. The Hall–Kier alpha value is -1.49. The Balaban J connectivity index is 1.58. The van der Waals surface area contributed by atoms with Gasteiger partial charge in [-0.25, -0.2) is 4.98 Å². The molecule has 2 aromatic rings. The minimum atomic E-state index is 0.124. The van der Waals surface area contributed by atoms with Crippen molar-refractivity contribution < 1.29 is 4.79 Å². The molecule has 0 bridgehead atoms. The molecule has 1 aliphatic rings. The standard InChI is InChI=1S/C16H21N3OS/c1-19-14-10-6-5-9-13(14)18-16(19)21-11-15(20)17-12-7-3-2-4-8-12/h5-6,9-10,12H,2-4,7-8,11H2,1H3,(H,17,20). The summed E-state index contributed by atoms with van der Waals surface area (Å²) in [5, 5.41) is 4.04. The van der Waals surface area contributed by atoms with Gasteiger partial charge in [-0.05, 0) is 25.0 Å². The number of hydrogen-bond donors (Lipinski definition) is 1.